The first-order valence-electron chi connectivity index (χ1n) is 9.20. The molecule has 0 aliphatic heterocycles. The third-order valence-corrected chi connectivity index (χ3v) is 5.02. The van der Waals surface area contributed by atoms with Crippen molar-refractivity contribution >= 4 is 10.9 Å². The Morgan fingerprint density at radius 2 is 1.83 bits per heavy atom. The van der Waals surface area contributed by atoms with Crippen LogP contribution in [0, 0.1) is 13.8 Å². The average Bonchev–Trinajstić information content (AvgIpc) is 2.86. The van der Waals surface area contributed by atoms with Gasteiger partial charge in [0.15, 0.2) is 0 Å². The maximum absolute atomic E-state index is 4.27. The van der Waals surface area contributed by atoms with Crippen LogP contribution in [-0.4, -0.2) is 9.55 Å². The van der Waals surface area contributed by atoms with Gasteiger partial charge in [-0.15, -0.1) is 0 Å². The first-order valence-corrected chi connectivity index (χ1v) is 9.20. The Bertz CT molecular complexity index is 843. The highest BCUT2D eigenvalue weighted by molar-refractivity contribution is 5.98. The second-order valence-corrected chi connectivity index (χ2v) is 6.71. The van der Waals surface area contributed by atoms with Crippen LogP contribution in [0.2, 0.25) is 0 Å². The molecule has 3 rings (SSSR count). The number of aryl methyl sites for hydroxylation is 3. The summed E-state index contributed by atoms with van der Waals surface area (Å²) in [5, 5.41) is 1.43. The molecule has 0 amide bonds. The summed E-state index contributed by atoms with van der Waals surface area (Å²) in [5.41, 5.74) is 8.25. The molecule has 0 saturated heterocycles. The molecular formula is C22H28N2. The molecule has 2 heteroatoms. The van der Waals surface area contributed by atoms with Gasteiger partial charge in [0.25, 0.3) is 0 Å². The van der Waals surface area contributed by atoms with E-state index in [1.54, 1.807) is 0 Å². The van der Waals surface area contributed by atoms with E-state index in [0.717, 1.165) is 13.0 Å². The average molecular weight is 320 g/mol. The Labute approximate surface area is 145 Å². The molecule has 1 aromatic carbocycles. The van der Waals surface area contributed by atoms with Crippen molar-refractivity contribution in [2.75, 3.05) is 0 Å². The predicted molar refractivity (Wildman–Crippen MR) is 104 cm³/mol. The molecule has 0 aliphatic rings. The van der Waals surface area contributed by atoms with Crippen LogP contribution in [-0.2, 0) is 13.0 Å². The van der Waals surface area contributed by atoms with Gasteiger partial charge in [-0.3, -0.25) is 4.98 Å². The number of nitrogens with zero attached hydrogens (tertiary/aromatic N) is 2. The highest BCUT2D eigenvalue weighted by Crippen LogP contribution is 2.36. The summed E-state index contributed by atoms with van der Waals surface area (Å²) in [5.74, 6) is 0. The Morgan fingerprint density at radius 3 is 2.54 bits per heavy atom. The normalized spacial score (nSPS) is 11.3. The molecule has 126 valence electrons. The molecule has 0 unspecified atom stereocenters. The largest absolute Gasteiger partial charge is 0.344 e. The molecule has 0 fully saturated rings. The van der Waals surface area contributed by atoms with E-state index in [4.69, 9.17) is 0 Å². The van der Waals surface area contributed by atoms with Gasteiger partial charge in [-0.2, -0.15) is 0 Å². The lowest BCUT2D eigenvalue weighted by Gasteiger charge is -2.13. The fourth-order valence-electron chi connectivity index (χ4n) is 3.76. The van der Waals surface area contributed by atoms with Crippen molar-refractivity contribution in [2.24, 2.45) is 0 Å². The molecule has 2 nitrogen and oxygen atoms in total. The molecule has 0 saturated carbocycles. The van der Waals surface area contributed by atoms with Crippen LogP contribution < -0.4 is 0 Å². The van der Waals surface area contributed by atoms with Crippen molar-refractivity contribution < 1.29 is 0 Å². The van der Waals surface area contributed by atoms with Crippen molar-refractivity contribution in [3.8, 4) is 11.1 Å². The van der Waals surface area contributed by atoms with E-state index in [9.17, 15) is 0 Å². The van der Waals surface area contributed by atoms with Gasteiger partial charge in [-0.1, -0.05) is 44.9 Å². The van der Waals surface area contributed by atoms with Crippen LogP contribution in [0.25, 0.3) is 22.0 Å². The molecule has 0 aliphatic carbocycles. The lowest BCUT2D eigenvalue weighted by atomic mass is 9.98. The van der Waals surface area contributed by atoms with Crippen LogP contribution in [0.1, 0.15) is 49.9 Å². The Morgan fingerprint density at radius 1 is 1.00 bits per heavy atom. The number of aromatic nitrogens is 2. The first-order chi connectivity index (χ1) is 11.7. The van der Waals surface area contributed by atoms with Gasteiger partial charge in [-0.25, -0.2) is 0 Å². The number of hydrogen-bond donors (Lipinski definition) is 0. The summed E-state index contributed by atoms with van der Waals surface area (Å²) >= 11 is 0. The van der Waals surface area contributed by atoms with Crippen molar-refractivity contribution in [3.05, 3.63) is 53.5 Å². The van der Waals surface area contributed by atoms with Crippen LogP contribution in [0.15, 0.2) is 36.7 Å². The van der Waals surface area contributed by atoms with E-state index in [-0.39, 0.29) is 0 Å². The van der Waals surface area contributed by atoms with E-state index in [0.29, 0.717) is 0 Å². The summed E-state index contributed by atoms with van der Waals surface area (Å²) in [6, 6.07) is 8.93. The lowest BCUT2D eigenvalue weighted by molar-refractivity contribution is 0.634. The molecular weight excluding hydrogens is 292 g/mol. The van der Waals surface area contributed by atoms with Crippen LogP contribution in [0.4, 0.5) is 0 Å². The predicted octanol–water partition coefficient (Wildman–Crippen LogP) is 6.07. The highest BCUT2D eigenvalue weighted by atomic mass is 15.0. The number of fused-ring (bicyclic) bond motifs is 1. The standard InChI is InChI=1S/C22H28N2/c1-5-7-14-24-17(4)19(9-6-2)21-11-8-10-20(22(21)24)18-12-13-23-15-16(18)3/h8,10-13,15H,5-7,9,14H2,1-4H3. The van der Waals surface area contributed by atoms with Crippen molar-refractivity contribution in [3.63, 3.8) is 0 Å². The van der Waals surface area contributed by atoms with E-state index in [2.05, 4.69) is 61.5 Å². The molecule has 0 N–H and O–H groups in total. The monoisotopic (exact) mass is 320 g/mol. The molecule has 0 spiro atoms. The number of para-hydroxylation sites is 1. The summed E-state index contributed by atoms with van der Waals surface area (Å²) < 4.78 is 2.55. The van der Waals surface area contributed by atoms with Gasteiger partial charge in [0.1, 0.15) is 0 Å². The molecule has 24 heavy (non-hydrogen) atoms. The summed E-state index contributed by atoms with van der Waals surface area (Å²) in [6.07, 6.45) is 8.65. The Balaban J connectivity index is 2.31. The fraction of sp³-hybridized carbons (Fsp3) is 0.409. The zero-order chi connectivity index (χ0) is 17.1. The van der Waals surface area contributed by atoms with Crippen molar-refractivity contribution in [2.45, 2.75) is 59.9 Å². The maximum Gasteiger partial charge on any atom is 0.0565 e. The van der Waals surface area contributed by atoms with E-state index < -0.39 is 0 Å². The second-order valence-electron chi connectivity index (χ2n) is 6.71. The highest BCUT2D eigenvalue weighted by Gasteiger charge is 2.17. The van der Waals surface area contributed by atoms with Crippen molar-refractivity contribution in [1.82, 2.24) is 9.55 Å². The number of rotatable bonds is 6. The van der Waals surface area contributed by atoms with Gasteiger partial charge < -0.3 is 4.57 Å². The number of unbranched alkanes of at least 4 members (excludes halogenated alkanes) is 1. The SMILES string of the molecule is CCCCn1c(C)c(CCC)c2cccc(-c3ccncc3C)c21. The fourth-order valence-corrected chi connectivity index (χ4v) is 3.76. The molecule has 2 heterocycles. The first kappa shape index (κ1) is 16.8. The topological polar surface area (TPSA) is 17.8 Å². The van der Waals surface area contributed by atoms with Gasteiger partial charge in [0.05, 0.1) is 5.52 Å². The smallest absolute Gasteiger partial charge is 0.0565 e. The van der Waals surface area contributed by atoms with Crippen LogP contribution in [0.3, 0.4) is 0 Å². The van der Waals surface area contributed by atoms with Gasteiger partial charge in [-0.05, 0) is 49.4 Å². The molecule has 3 aromatic rings. The van der Waals surface area contributed by atoms with E-state index in [1.807, 2.05) is 12.4 Å². The van der Waals surface area contributed by atoms with Gasteiger partial charge in [0, 0.05) is 35.6 Å². The molecule has 0 bridgehead atoms. The summed E-state index contributed by atoms with van der Waals surface area (Å²) in [6.45, 7) is 10.1. The number of pyridine rings is 1. The van der Waals surface area contributed by atoms with Gasteiger partial charge in [0.2, 0.25) is 0 Å². The van der Waals surface area contributed by atoms with Gasteiger partial charge >= 0.3 is 0 Å². The Kier molecular flexibility index (Phi) is 5.03. The van der Waals surface area contributed by atoms with E-state index in [1.165, 1.54) is 58.1 Å². The maximum atomic E-state index is 4.27. The molecule has 0 atom stereocenters. The quantitative estimate of drug-likeness (QED) is 0.538. The third kappa shape index (κ3) is 2.86. The van der Waals surface area contributed by atoms with E-state index >= 15 is 0 Å². The number of benzene rings is 1. The molecule has 0 radical (unpaired) electrons. The summed E-state index contributed by atoms with van der Waals surface area (Å²) in [4.78, 5) is 4.27. The minimum atomic E-state index is 1.10. The third-order valence-electron chi connectivity index (χ3n) is 5.02. The number of hydrogen-bond acceptors (Lipinski definition) is 1. The lowest BCUT2D eigenvalue weighted by Crippen LogP contribution is -2.02. The minimum absolute atomic E-state index is 1.10. The summed E-state index contributed by atoms with van der Waals surface area (Å²) in [7, 11) is 0. The Hall–Kier alpha value is -2.09. The minimum Gasteiger partial charge on any atom is -0.344 e. The molecule has 2 aromatic heterocycles. The zero-order valence-corrected chi connectivity index (χ0v) is 15.4. The van der Waals surface area contributed by atoms with Crippen molar-refractivity contribution in [1.29, 1.82) is 0 Å². The van der Waals surface area contributed by atoms with Crippen LogP contribution in [0.5, 0.6) is 0 Å². The van der Waals surface area contributed by atoms with Crippen LogP contribution >= 0.6 is 0 Å². The second kappa shape index (κ2) is 7.21. The zero-order valence-electron chi connectivity index (χ0n) is 15.4.